The van der Waals surface area contributed by atoms with E-state index >= 15 is 0 Å². The monoisotopic (exact) mass is 336 g/mol. The standard InChI is InChI=1S/C17H21ClN2O3/c1-11(2)22-9-10-23-17(21)14-5-7-15(8-6-14)20-13(4)16(18)12(3)19-20/h5-8,11H,9-10H2,1-4H3. The average Bonchev–Trinajstić information content (AvgIpc) is 2.79. The van der Waals surface area contributed by atoms with Crippen molar-refractivity contribution in [3.8, 4) is 5.69 Å². The van der Waals surface area contributed by atoms with Crippen molar-refractivity contribution in [1.29, 1.82) is 0 Å². The summed E-state index contributed by atoms with van der Waals surface area (Å²) >= 11 is 6.15. The van der Waals surface area contributed by atoms with Crippen molar-refractivity contribution in [3.63, 3.8) is 0 Å². The van der Waals surface area contributed by atoms with Gasteiger partial charge in [0.1, 0.15) is 6.61 Å². The number of ether oxygens (including phenoxy) is 2. The van der Waals surface area contributed by atoms with Gasteiger partial charge in [-0.05, 0) is 52.0 Å². The summed E-state index contributed by atoms with van der Waals surface area (Å²) < 4.78 is 12.2. The second kappa shape index (κ2) is 7.62. The minimum atomic E-state index is -0.365. The Morgan fingerprint density at radius 2 is 1.87 bits per heavy atom. The first-order valence-electron chi connectivity index (χ1n) is 7.51. The molecule has 0 unspecified atom stereocenters. The lowest BCUT2D eigenvalue weighted by Gasteiger charge is -2.09. The van der Waals surface area contributed by atoms with Crippen LogP contribution < -0.4 is 0 Å². The third kappa shape index (κ3) is 4.33. The van der Waals surface area contributed by atoms with Gasteiger partial charge in [0.25, 0.3) is 0 Å². The smallest absolute Gasteiger partial charge is 0.338 e. The quantitative estimate of drug-likeness (QED) is 0.596. The second-order valence-electron chi connectivity index (χ2n) is 5.50. The number of nitrogens with zero attached hydrogens (tertiary/aromatic N) is 2. The lowest BCUT2D eigenvalue weighted by Crippen LogP contribution is -2.13. The third-order valence-corrected chi connectivity index (χ3v) is 3.87. The van der Waals surface area contributed by atoms with Gasteiger partial charge in [-0.2, -0.15) is 5.10 Å². The highest BCUT2D eigenvalue weighted by atomic mass is 35.5. The topological polar surface area (TPSA) is 53.4 Å². The zero-order chi connectivity index (χ0) is 17.0. The van der Waals surface area contributed by atoms with Crippen LogP contribution in [-0.4, -0.2) is 35.1 Å². The molecule has 0 saturated heterocycles. The number of aromatic nitrogens is 2. The molecule has 2 aromatic rings. The van der Waals surface area contributed by atoms with Crippen LogP contribution in [0.4, 0.5) is 0 Å². The molecule has 0 bridgehead atoms. The molecule has 1 aromatic carbocycles. The lowest BCUT2D eigenvalue weighted by molar-refractivity contribution is 0.0177. The van der Waals surface area contributed by atoms with Crippen molar-refractivity contribution in [3.05, 3.63) is 46.2 Å². The molecule has 1 aromatic heterocycles. The SMILES string of the molecule is Cc1nn(-c2ccc(C(=O)OCCOC(C)C)cc2)c(C)c1Cl. The summed E-state index contributed by atoms with van der Waals surface area (Å²) in [6, 6.07) is 7.06. The minimum Gasteiger partial charge on any atom is -0.460 e. The Balaban J connectivity index is 2.01. The molecule has 0 fully saturated rings. The average molecular weight is 337 g/mol. The Hall–Kier alpha value is -1.85. The molecule has 2 rings (SSSR count). The first-order chi connectivity index (χ1) is 10.9. The maximum atomic E-state index is 11.9. The largest absolute Gasteiger partial charge is 0.460 e. The van der Waals surface area contributed by atoms with Gasteiger partial charge in [0.2, 0.25) is 0 Å². The highest BCUT2D eigenvalue weighted by Crippen LogP contribution is 2.22. The fourth-order valence-electron chi connectivity index (χ4n) is 2.12. The molecule has 0 aliphatic rings. The molecule has 0 N–H and O–H groups in total. The Morgan fingerprint density at radius 3 is 2.39 bits per heavy atom. The van der Waals surface area contributed by atoms with Crippen LogP contribution >= 0.6 is 11.6 Å². The Labute approximate surface area is 141 Å². The van der Waals surface area contributed by atoms with E-state index in [9.17, 15) is 4.79 Å². The zero-order valence-corrected chi connectivity index (χ0v) is 14.6. The molecule has 0 radical (unpaired) electrons. The van der Waals surface area contributed by atoms with Crippen molar-refractivity contribution < 1.29 is 14.3 Å². The van der Waals surface area contributed by atoms with Gasteiger partial charge < -0.3 is 9.47 Å². The summed E-state index contributed by atoms with van der Waals surface area (Å²) in [5.41, 5.74) is 2.98. The van der Waals surface area contributed by atoms with Crippen LogP contribution in [0.15, 0.2) is 24.3 Å². The zero-order valence-electron chi connectivity index (χ0n) is 13.8. The summed E-state index contributed by atoms with van der Waals surface area (Å²) in [6.07, 6.45) is 0.126. The Kier molecular flexibility index (Phi) is 5.80. The van der Waals surface area contributed by atoms with Gasteiger partial charge >= 0.3 is 5.97 Å². The molecule has 0 saturated carbocycles. The van der Waals surface area contributed by atoms with Gasteiger partial charge in [-0.15, -0.1) is 0 Å². The van der Waals surface area contributed by atoms with Crippen LogP contribution in [0.5, 0.6) is 0 Å². The molecular formula is C17H21ClN2O3. The van der Waals surface area contributed by atoms with Crippen LogP contribution in [0.3, 0.4) is 0 Å². The number of aryl methyl sites for hydroxylation is 1. The van der Waals surface area contributed by atoms with Crippen LogP contribution in [0.25, 0.3) is 5.69 Å². The third-order valence-electron chi connectivity index (χ3n) is 3.32. The fraction of sp³-hybridized carbons (Fsp3) is 0.412. The highest BCUT2D eigenvalue weighted by molar-refractivity contribution is 6.31. The second-order valence-corrected chi connectivity index (χ2v) is 5.88. The van der Waals surface area contributed by atoms with Crippen LogP contribution in [-0.2, 0) is 9.47 Å². The first-order valence-corrected chi connectivity index (χ1v) is 7.89. The normalized spacial score (nSPS) is 11.0. The minimum absolute atomic E-state index is 0.126. The molecule has 0 atom stereocenters. The van der Waals surface area contributed by atoms with E-state index < -0.39 is 0 Å². The van der Waals surface area contributed by atoms with E-state index in [-0.39, 0.29) is 18.7 Å². The summed E-state index contributed by atoms with van der Waals surface area (Å²) in [4.78, 5) is 11.9. The molecule has 1 heterocycles. The number of hydrogen-bond acceptors (Lipinski definition) is 4. The fourth-order valence-corrected chi connectivity index (χ4v) is 2.23. The van der Waals surface area contributed by atoms with Gasteiger partial charge in [0.05, 0.1) is 40.4 Å². The van der Waals surface area contributed by atoms with Crippen molar-refractivity contribution >= 4 is 17.6 Å². The van der Waals surface area contributed by atoms with E-state index in [2.05, 4.69) is 5.10 Å². The molecule has 0 spiro atoms. The molecule has 124 valence electrons. The van der Waals surface area contributed by atoms with Crippen LogP contribution in [0, 0.1) is 13.8 Å². The number of esters is 1. The van der Waals surface area contributed by atoms with Crippen molar-refractivity contribution in [2.75, 3.05) is 13.2 Å². The van der Waals surface area contributed by atoms with Crippen LogP contribution in [0.2, 0.25) is 5.02 Å². The van der Waals surface area contributed by atoms with Gasteiger partial charge in [-0.25, -0.2) is 9.48 Å². The number of benzene rings is 1. The van der Waals surface area contributed by atoms with E-state index in [0.29, 0.717) is 17.2 Å². The van der Waals surface area contributed by atoms with E-state index in [1.54, 1.807) is 16.8 Å². The van der Waals surface area contributed by atoms with E-state index in [4.69, 9.17) is 21.1 Å². The summed E-state index contributed by atoms with van der Waals surface area (Å²) in [6.45, 7) is 8.27. The van der Waals surface area contributed by atoms with Crippen molar-refractivity contribution in [2.45, 2.75) is 33.8 Å². The van der Waals surface area contributed by atoms with Gasteiger partial charge in [0.15, 0.2) is 0 Å². The number of carbonyl (C=O) groups is 1. The van der Waals surface area contributed by atoms with Gasteiger partial charge in [-0.3, -0.25) is 0 Å². The predicted molar refractivity (Wildman–Crippen MR) is 89.4 cm³/mol. The summed E-state index contributed by atoms with van der Waals surface area (Å²) in [5.74, 6) is -0.365. The number of hydrogen-bond donors (Lipinski definition) is 0. The first kappa shape index (κ1) is 17.5. The highest BCUT2D eigenvalue weighted by Gasteiger charge is 2.12. The van der Waals surface area contributed by atoms with Crippen molar-refractivity contribution in [2.24, 2.45) is 0 Å². The summed E-state index contributed by atoms with van der Waals surface area (Å²) in [7, 11) is 0. The number of halogens is 1. The molecule has 0 amide bonds. The van der Waals surface area contributed by atoms with Gasteiger partial charge in [0, 0.05) is 0 Å². The van der Waals surface area contributed by atoms with Crippen LogP contribution in [0.1, 0.15) is 35.6 Å². The number of carbonyl (C=O) groups excluding carboxylic acids is 1. The Morgan fingerprint density at radius 1 is 1.22 bits per heavy atom. The molecule has 5 nitrogen and oxygen atoms in total. The van der Waals surface area contributed by atoms with E-state index in [0.717, 1.165) is 17.1 Å². The maximum absolute atomic E-state index is 11.9. The van der Waals surface area contributed by atoms with Crippen molar-refractivity contribution in [1.82, 2.24) is 9.78 Å². The molecule has 23 heavy (non-hydrogen) atoms. The van der Waals surface area contributed by atoms with E-state index in [1.165, 1.54) is 0 Å². The van der Waals surface area contributed by atoms with E-state index in [1.807, 2.05) is 39.8 Å². The lowest BCUT2D eigenvalue weighted by atomic mass is 10.2. The maximum Gasteiger partial charge on any atom is 0.338 e. The van der Waals surface area contributed by atoms with Gasteiger partial charge in [-0.1, -0.05) is 11.6 Å². The molecular weight excluding hydrogens is 316 g/mol. The Bertz CT molecular complexity index is 678. The number of rotatable bonds is 6. The molecule has 0 aliphatic carbocycles. The predicted octanol–water partition coefficient (Wildman–Crippen LogP) is 3.72. The molecule has 6 heteroatoms. The summed E-state index contributed by atoms with van der Waals surface area (Å²) in [5, 5.41) is 5.04. The molecule has 0 aliphatic heterocycles.